The van der Waals surface area contributed by atoms with E-state index < -0.39 is 4.92 Å². The maximum Gasteiger partial charge on any atom is 0.324 e. The largest absolute Gasteiger partial charge is 0.469 e. The number of hydrogen-bond donors (Lipinski definition) is 0. The summed E-state index contributed by atoms with van der Waals surface area (Å²) in [5.41, 5.74) is 0.298. The van der Waals surface area contributed by atoms with E-state index in [0.29, 0.717) is 25.1 Å². The molecule has 2 heterocycles. The summed E-state index contributed by atoms with van der Waals surface area (Å²) >= 11 is 0.923. The van der Waals surface area contributed by atoms with Gasteiger partial charge in [0.15, 0.2) is 0 Å². The van der Waals surface area contributed by atoms with Gasteiger partial charge in [-0.1, -0.05) is 11.3 Å². The molecular weight excluding hydrogens is 284 g/mol. The van der Waals surface area contributed by atoms with Gasteiger partial charge in [0.2, 0.25) is 0 Å². The number of nitro groups is 1. The molecule has 0 aliphatic carbocycles. The van der Waals surface area contributed by atoms with Crippen molar-refractivity contribution in [3.63, 3.8) is 0 Å². The zero-order valence-electron chi connectivity index (χ0n) is 10.9. The van der Waals surface area contributed by atoms with E-state index in [1.165, 1.54) is 18.6 Å². The highest BCUT2D eigenvalue weighted by Crippen LogP contribution is 2.25. The van der Waals surface area contributed by atoms with E-state index in [1.807, 2.05) is 0 Å². The number of likely N-dealkylation sites (tertiary alicyclic amines) is 1. The lowest BCUT2D eigenvalue weighted by molar-refractivity contribution is -0.380. The van der Waals surface area contributed by atoms with Crippen LogP contribution in [0.1, 0.15) is 23.2 Å². The molecule has 2 rings (SSSR count). The molecule has 1 aromatic rings. The Kier molecular flexibility index (Phi) is 4.33. The van der Waals surface area contributed by atoms with Crippen molar-refractivity contribution in [3.8, 4) is 0 Å². The molecule has 7 nitrogen and oxygen atoms in total. The fourth-order valence-corrected chi connectivity index (χ4v) is 2.93. The van der Waals surface area contributed by atoms with Crippen LogP contribution in [0.25, 0.3) is 0 Å². The van der Waals surface area contributed by atoms with Gasteiger partial charge in [-0.3, -0.25) is 19.7 Å². The maximum atomic E-state index is 12.3. The Bertz CT molecular complexity index is 542. The number of methoxy groups -OCH3 is 1. The highest BCUT2D eigenvalue weighted by atomic mass is 32.1. The lowest BCUT2D eigenvalue weighted by Gasteiger charge is -2.31. The average Bonchev–Trinajstić information content (AvgIpc) is 2.95. The van der Waals surface area contributed by atoms with Crippen LogP contribution in [-0.4, -0.2) is 41.9 Å². The fraction of sp³-hybridized carbons (Fsp3) is 0.500. The topological polar surface area (TPSA) is 89.8 Å². The monoisotopic (exact) mass is 298 g/mol. The van der Waals surface area contributed by atoms with Crippen LogP contribution in [0.3, 0.4) is 0 Å². The van der Waals surface area contributed by atoms with Crippen LogP contribution in [-0.2, 0) is 9.53 Å². The Morgan fingerprint density at radius 1 is 1.55 bits per heavy atom. The maximum absolute atomic E-state index is 12.3. The van der Waals surface area contributed by atoms with E-state index in [0.717, 1.165) is 17.8 Å². The first-order chi connectivity index (χ1) is 9.52. The van der Waals surface area contributed by atoms with Crippen molar-refractivity contribution in [2.45, 2.75) is 12.8 Å². The summed E-state index contributed by atoms with van der Waals surface area (Å²) in [4.78, 5) is 35.4. The Balaban J connectivity index is 2.08. The Morgan fingerprint density at radius 3 is 2.90 bits per heavy atom. The van der Waals surface area contributed by atoms with Crippen LogP contribution in [0.4, 0.5) is 5.00 Å². The van der Waals surface area contributed by atoms with Gasteiger partial charge >= 0.3 is 11.0 Å². The Morgan fingerprint density at radius 2 is 2.30 bits per heavy atom. The minimum atomic E-state index is -0.519. The number of esters is 1. The summed E-state index contributed by atoms with van der Waals surface area (Å²) < 4.78 is 4.69. The van der Waals surface area contributed by atoms with Crippen molar-refractivity contribution < 1.29 is 19.2 Å². The first-order valence-electron chi connectivity index (χ1n) is 6.13. The van der Waals surface area contributed by atoms with Gasteiger partial charge in [0, 0.05) is 24.5 Å². The van der Waals surface area contributed by atoms with Crippen molar-refractivity contribution in [1.29, 1.82) is 0 Å². The zero-order chi connectivity index (χ0) is 14.7. The van der Waals surface area contributed by atoms with Gasteiger partial charge in [-0.2, -0.15) is 0 Å². The molecule has 0 unspecified atom stereocenters. The van der Waals surface area contributed by atoms with E-state index >= 15 is 0 Å². The molecule has 1 aromatic heterocycles. The smallest absolute Gasteiger partial charge is 0.324 e. The van der Waals surface area contributed by atoms with Crippen molar-refractivity contribution in [1.82, 2.24) is 4.90 Å². The molecule has 0 bridgehead atoms. The van der Waals surface area contributed by atoms with Gasteiger partial charge in [-0.15, -0.1) is 0 Å². The predicted octanol–water partition coefficient (Wildman–Crippen LogP) is 1.68. The summed E-state index contributed by atoms with van der Waals surface area (Å²) in [7, 11) is 1.32. The van der Waals surface area contributed by atoms with E-state index in [2.05, 4.69) is 0 Å². The summed E-state index contributed by atoms with van der Waals surface area (Å²) in [6, 6.07) is 1.27. The molecule has 0 N–H and O–H groups in total. The molecule has 0 aromatic carbocycles. The van der Waals surface area contributed by atoms with Crippen molar-refractivity contribution >= 4 is 28.2 Å². The molecule has 8 heteroatoms. The SMILES string of the molecule is COC(=O)[C@H]1CCCN(C(=O)c2csc([N+](=O)[O-])c2)C1. The third-order valence-electron chi connectivity index (χ3n) is 3.26. The van der Waals surface area contributed by atoms with E-state index in [9.17, 15) is 19.7 Å². The predicted molar refractivity (Wildman–Crippen MR) is 71.6 cm³/mol. The minimum Gasteiger partial charge on any atom is -0.469 e. The molecule has 20 heavy (non-hydrogen) atoms. The van der Waals surface area contributed by atoms with Crippen LogP contribution in [0, 0.1) is 16.0 Å². The molecule has 1 atom stereocenters. The van der Waals surface area contributed by atoms with Crippen LogP contribution in [0.2, 0.25) is 0 Å². The summed E-state index contributed by atoms with van der Waals surface area (Å²) in [5, 5.41) is 12.0. The normalized spacial score (nSPS) is 18.6. The molecule has 0 spiro atoms. The minimum absolute atomic E-state index is 0.0603. The number of amides is 1. The standard InChI is InChI=1S/C12H14N2O5S/c1-19-12(16)8-3-2-4-13(6-8)11(15)9-5-10(14(17)18)20-7-9/h5,7-8H,2-4,6H2,1H3/t8-/m0/s1. The Hall–Kier alpha value is -1.96. The van der Waals surface area contributed by atoms with Crippen LogP contribution >= 0.6 is 11.3 Å². The highest BCUT2D eigenvalue weighted by molar-refractivity contribution is 7.13. The number of rotatable bonds is 3. The quantitative estimate of drug-likeness (QED) is 0.481. The number of thiophene rings is 1. The molecule has 1 saturated heterocycles. The fourth-order valence-electron chi connectivity index (χ4n) is 2.24. The Labute approximate surface area is 119 Å². The number of carbonyl (C=O) groups is 2. The summed E-state index contributed by atoms with van der Waals surface area (Å²) in [6.07, 6.45) is 1.41. The molecule has 1 aliphatic heterocycles. The van der Waals surface area contributed by atoms with Crippen molar-refractivity contribution in [2.75, 3.05) is 20.2 Å². The van der Waals surface area contributed by atoms with Gasteiger partial charge < -0.3 is 9.64 Å². The highest BCUT2D eigenvalue weighted by Gasteiger charge is 2.30. The van der Waals surface area contributed by atoms with Crippen LogP contribution in [0.15, 0.2) is 11.4 Å². The zero-order valence-corrected chi connectivity index (χ0v) is 11.7. The third kappa shape index (κ3) is 2.96. The number of nitrogens with zero attached hydrogens (tertiary/aromatic N) is 2. The van der Waals surface area contributed by atoms with E-state index in [1.54, 1.807) is 4.90 Å². The van der Waals surface area contributed by atoms with E-state index in [-0.39, 0.29) is 22.8 Å². The third-order valence-corrected chi connectivity index (χ3v) is 4.14. The molecule has 1 fully saturated rings. The first kappa shape index (κ1) is 14.4. The second-order valence-corrected chi connectivity index (χ2v) is 5.43. The average molecular weight is 298 g/mol. The molecule has 0 radical (unpaired) electrons. The molecule has 1 amide bonds. The van der Waals surface area contributed by atoms with E-state index in [4.69, 9.17) is 4.74 Å². The number of ether oxygens (including phenoxy) is 1. The first-order valence-corrected chi connectivity index (χ1v) is 7.01. The van der Waals surface area contributed by atoms with Crippen molar-refractivity contribution in [2.24, 2.45) is 5.92 Å². The number of hydrogen-bond acceptors (Lipinski definition) is 6. The summed E-state index contributed by atoms with van der Waals surface area (Å²) in [5.74, 6) is -0.909. The molecule has 0 saturated carbocycles. The second kappa shape index (κ2) is 6.00. The van der Waals surface area contributed by atoms with Gasteiger partial charge in [0.1, 0.15) is 0 Å². The number of piperidine rings is 1. The van der Waals surface area contributed by atoms with Crippen LogP contribution in [0.5, 0.6) is 0 Å². The lowest BCUT2D eigenvalue weighted by Crippen LogP contribution is -2.42. The van der Waals surface area contributed by atoms with Crippen molar-refractivity contribution in [3.05, 3.63) is 27.1 Å². The van der Waals surface area contributed by atoms with Gasteiger partial charge in [-0.05, 0) is 12.8 Å². The molecule has 108 valence electrons. The molecular formula is C12H14N2O5S. The van der Waals surface area contributed by atoms with Crippen LogP contribution < -0.4 is 0 Å². The summed E-state index contributed by atoms with van der Waals surface area (Å²) in [6.45, 7) is 0.852. The second-order valence-electron chi connectivity index (χ2n) is 4.54. The van der Waals surface area contributed by atoms with Gasteiger partial charge in [-0.25, -0.2) is 0 Å². The number of carbonyl (C=O) groups excluding carboxylic acids is 2. The molecule has 1 aliphatic rings. The lowest BCUT2D eigenvalue weighted by atomic mass is 9.98. The van der Waals surface area contributed by atoms with Gasteiger partial charge in [0.05, 0.1) is 23.5 Å². The van der Waals surface area contributed by atoms with Gasteiger partial charge in [0.25, 0.3) is 5.91 Å².